The van der Waals surface area contributed by atoms with Crippen molar-refractivity contribution in [2.75, 3.05) is 6.61 Å². The lowest BCUT2D eigenvalue weighted by Crippen LogP contribution is -2.23. The van der Waals surface area contributed by atoms with E-state index in [1.165, 1.54) is 12.8 Å². The lowest BCUT2D eigenvalue weighted by Gasteiger charge is -2.25. The van der Waals surface area contributed by atoms with Gasteiger partial charge in [0.15, 0.2) is 0 Å². The van der Waals surface area contributed by atoms with Gasteiger partial charge in [0.1, 0.15) is 0 Å². The largest absolute Gasteiger partial charge is 0.378 e. The van der Waals surface area contributed by atoms with Crippen LogP contribution in [0.15, 0.2) is 0 Å². The highest BCUT2D eigenvalue weighted by Gasteiger charge is 2.16. The Morgan fingerprint density at radius 2 is 2.12 bits per heavy atom. The molecule has 0 spiro atoms. The van der Waals surface area contributed by atoms with Gasteiger partial charge >= 0.3 is 0 Å². The second-order valence-electron chi connectivity index (χ2n) is 2.70. The molecule has 1 saturated heterocycles. The van der Waals surface area contributed by atoms with Crippen LogP contribution in [0.25, 0.3) is 0 Å². The molecule has 1 fully saturated rings. The first-order valence-corrected chi connectivity index (χ1v) is 3.42. The number of rotatable bonds is 0. The van der Waals surface area contributed by atoms with Crippen LogP contribution in [0.4, 0.5) is 0 Å². The fourth-order valence-electron chi connectivity index (χ4n) is 1.07. The molecule has 2 atom stereocenters. The van der Waals surface area contributed by atoms with Crippen LogP contribution in [0.5, 0.6) is 0 Å². The van der Waals surface area contributed by atoms with Crippen molar-refractivity contribution in [3.8, 4) is 0 Å². The average Bonchev–Trinajstić information content (AvgIpc) is 1.77. The average molecular weight is 114 g/mol. The molecule has 48 valence electrons. The van der Waals surface area contributed by atoms with E-state index in [1.807, 2.05) is 0 Å². The van der Waals surface area contributed by atoms with Crippen molar-refractivity contribution in [2.24, 2.45) is 5.92 Å². The van der Waals surface area contributed by atoms with Crippen LogP contribution in [0, 0.1) is 5.92 Å². The molecule has 0 aromatic rings. The van der Waals surface area contributed by atoms with Gasteiger partial charge < -0.3 is 4.74 Å². The van der Waals surface area contributed by atoms with Gasteiger partial charge in [0.25, 0.3) is 0 Å². The van der Waals surface area contributed by atoms with Crippen LogP contribution >= 0.6 is 0 Å². The fourth-order valence-corrected chi connectivity index (χ4v) is 1.07. The number of hydrogen-bond donors (Lipinski definition) is 0. The molecule has 1 aliphatic heterocycles. The first-order chi connectivity index (χ1) is 3.80. The number of ether oxygens (including phenoxy) is 1. The van der Waals surface area contributed by atoms with Crippen molar-refractivity contribution >= 4 is 0 Å². The molecule has 8 heavy (non-hydrogen) atoms. The van der Waals surface area contributed by atoms with E-state index in [4.69, 9.17) is 4.74 Å². The summed E-state index contributed by atoms with van der Waals surface area (Å²) in [7, 11) is 0. The fraction of sp³-hybridized carbons (Fsp3) is 1.00. The molecule has 1 heterocycles. The highest BCUT2D eigenvalue weighted by atomic mass is 16.5. The van der Waals surface area contributed by atoms with Gasteiger partial charge in [0.05, 0.1) is 6.10 Å². The van der Waals surface area contributed by atoms with E-state index in [9.17, 15) is 0 Å². The molecule has 0 aromatic heterocycles. The molecule has 0 bridgehead atoms. The number of hydrogen-bond acceptors (Lipinski definition) is 1. The van der Waals surface area contributed by atoms with E-state index >= 15 is 0 Å². The Morgan fingerprint density at radius 3 is 2.50 bits per heavy atom. The maximum Gasteiger partial charge on any atom is 0.0572 e. The minimum absolute atomic E-state index is 0.503. The highest BCUT2D eigenvalue weighted by Crippen LogP contribution is 2.18. The van der Waals surface area contributed by atoms with Gasteiger partial charge in [-0.15, -0.1) is 0 Å². The monoisotopic (exact) mass is 114 g/mol. The van der Waals surface area contributed by atoms with Gasteiger partial charge in [-0.05, 0) is 25.7 Å². The van der Waals surface area contributed by atoms with Crippen molar-refractivity contribution in [3.05, 3.63) is 0 Å². The van der Waals surface area contributed by atoms with E-state index in [-0.39, 0.29) is 0 Å². The topological polar surface area (TPSA) is 9.23 Å². The van der Waals surface area contributed by atoms with Crippen LogP contribution in [0.2, 0.25) is 0 Å². The van der Waals surface area contributed by atoms with Gasteiger partial charge in [0, 0.05) is 6.61 Å². The van der Waals surface area contributed by atoms with Gasteiger partial charge in [0.2, 0.25) is 0 Å². The Balaban J connectivity index is 2.28. The van der Waals surface area contributed by atoms with Gasteiger partial charge in [-0.1, -0.05) is 6.92 Å². The van der Waals surface area contributed by atoms with Gasteiger partial charge in [-0.25, -0.2) is 0 Å². The van der Waals surface area contributed by atoms with Crippen molar-refractivity contribution in [1.29, 1.82) is 0 Å². The Kier molecular flexibility index (Phi) is 1.90. The van der Waals surface area contributed by atoms with E-state index in [1.54, 1.807) is 0 Å². The minimum atomic E-state index is 0.503. The van der Waals surface area contributed by atoms with Crippen LogP contribution in [0.3, 0.4) is 0 Å². The first-order valence-electron chi connectivity index (χ1n) is 3.42. The van der Waals surface area contributed by atoms with Crippen molar-refractivity contribution in [1.82, 2.24) is 0 Å². The van der Waals surface area contributed by atoms with Gasteiger partial charge in [-0.2, -0.15) is 0 Å². The van der Waals surface area contributed by atoms with Crippen molar-refractivity contribution < 1.29 is 4.74 Å². The second-order valence-corrected chi connectivity index (χ2v) is 2.70. The predicted octanol–water partition coefficient (Wildman–Crippen LogP) is 1.82. The summed E-state index contributed by atoms with van der Waals surface area (Å²) in [6.45, 7) is 5.39. The lowest BCUT2D eigenvalue weighted by atomic mass is 9.98. The quantitative estimate of drug-likeness (QED) is 0.466. The predicted molar refractivity (Wildman–Crippen MR) is 33.8 cm³/mol. The third kappa shape index (κ3) is 1.22. The third-order valence-corrected chi connectivity index (χ3v) is 1.99. The molecule has 1 aliphatic rings. The molecule has 2 unspecified atom stereocenters. The summed E-state index contributed by atoms with van der Waals surface area (Å²) >= 11 is 0. The smallest absolute Gasteiger partial charge is 0.0572 e. The molecule has 0 amide bonds. The Bertz CT molecular complexity index is 60.8. The van der Waals surface area contributed by atoms with Crippen LogP contribution in [0.1, 0.15) is 26.7 Å². The molecular formula is C7H14O. The molecule has 0 saturated carbocycles. The maximum atomic E-state index is 5.39. The molecular weight excluding hydrogens is 100 g/mol. The van der Waals surface area contributed by atoms with Crippen LogP contribution < -0.4 is 0 Å². The van der Waals surface area contributed by atoms with E-state index in [0.717, 1.165) is 12.5 Å². The summed E-state index contributed by atoms with van der Waals surface area (Å²) in [5, 5.41) is 0. The molecule has 0 N–H and O–H groups in total. The maximum absolute atomic E-state index is 5.39. The molecule has 1 heteroatoms. The van der Waals surface area contributed by atoms with Crippen molar-refractivity contribution in [2.45, 2.75) is 32.8 Å². The SMILES string of the molecule is CC1CCCOC1C. The Hall–Kier alpha value is -0.0400. The van der Waals surface area contributed by atoms with E-state index in [0.29, 0.717) is 6.10 Å². The molecule has 1 rings (SSSR count). The second kappa shape index (κ2) is 2.49. The Morgan fingerprint density at radius 1 is 1.38 bits per heavy atom. The van der Waals surface area contributed by atoms with Crippen LogP contribution in [-0.4, -0.2) is 12.7 Å². The summed E-state index contributed by atoms with van der Waals surface area (Å²) in [4.78, 5) is 0. The summed E-state index contributed by atoms with van der Waals surface area (Å²) < 4.78 is 5.39. The van der Waals surface area contributed by atoms with Gasteiger partial charge in [-0.3, -0.25) is 0 Å². The molecule has 1 nitrogen and oxygen atoms in total. The van der Waals surface area contributed by atoms with Crippen LogP contribution in [-0.2, 0) is 4.74 Å². The van der Waals surface area contributed by atoms with E-state index in [2.05, 4.69) is 13.8 Å². The summed E-state index contributed by atoms with van der Waals surface area (Å²) in [5.41, 5.74) is 0. The minimum Gasteiger partial charge on any atom is -0.378 e. The zero-order valence-electron chi connectivity index (χ0n) is 5.68. The normalized spacial score (nSPS) is 39.8. The molecule has 0 aliphatic carbocycles. The Labute approximate surface area is 51.0 Å². The standard InChI is InChI=1S/C7H14O/c1-6-4-3-5-8-7(6)2/h6-7H,3-5H2,1-2H3. The van der Waals surface area contributed by atoms with E-state index < -0.39 is 0 Å². The summed E-state index contributed by atoms with van der Waals surface area (Å²) in [5.74, 6) is 0.781. The zero-order valence-corrected chi connectivity index (χ0v) is 5.68. The highest BCUT2D eigenvalue weighted by molar-refractivity contribution is 4.65. The summed E-state index contributed by atoms with van der Waals surface area (Å²) in [6.07, 6.45) is 3.11. The zero-order chi connectivity index (χ0) is 5.98. The lowest BCUT2D eigenvalue weighted by molar-refractivity contribution is -0.00789. The third-order valence-electron chi connectivity index (χ3n) is 1.99. The molecule has 0 aromatic carbocycles. The summed E-state index contributed by atoms with van der Waals surface area (Å²) in [6, 6.07) is 0. The first kappa shape index (κ1) is 6.09. The molecule has 0 radical (unpaired) electrons. The van der Waals surface area contributed by atoms with Crippen molar-refractivity contribution in [3.63, 3.8) is 0 Å².